The normalized spacial score (nSPS) is 11.7. The zero-order valence-corrected chi connectivity index (χ0v) is 23.3. The summed E-state index contributed by atoms with van der Waals surface area (Å²) in [5, 5.41) is 5.99. The SMILES string of the molecule is BrCc1ccc2c(c1)c1ccccc1n2-c1ccc(-c2ccc(-n3c4ccccc4c4ccccc43)cc2)cc1. The van der Waals surface area contributed by atoms with Crippen molar-refractivity contribution in [1.82, 2.24) is 9.13 Å². The van der Waals surface area contributed by atoms with Crippen LogP contribution in [0.3, 0.4) is 0 Å². The molecule has 0 N–H and O–H groups in total. The lowest BCUT2D eigenvalue weighted by Crippen LogP contribution is -1.94. The molecule has 0 unspecified atom stereocenters. The Morgan fingerprint density at radius 1 is 0.400 bits per heavy atom. The van der Waals surface area contributed by atoms with E-state index in [2.05, 4.69) is 165 Å². The van der Waals surface area contributed by atoms with E-state index < -0.39 is 0 Å². The largest absolute Gasteiger partial charge is 0.309 e. The first-order valence-corrected chi connectivity index (χ1v) is 14.7. The third kappa shape index (κ3) is 3.55. The Labute approximate surface area is 240 Å². The van der Waals surface area contributed by atoms with Gasteiger partial charge in [0, 0.05) is 38.2 Å². The molecule has 6 aromatic carbocycles. The van der Waals surface area contributed by atoms with E-state index in [9.17, 15) is 0 Å². The summed E-state index contributed by atoms with van der Waals surface area (Å²) in [7, 11) is 0. The summed E-state index contributed by atoms with van der Waals surface area (Å²) >= 11 is 3.62. The first kappa shape index (κ1) is 23.3. The van der Waals surface area contributed by atoms with Crippen LogP contribution in [0.25, 0.3) is 66.1 Å². The van der Waals surface area contributed by atoms with Crippen molar-refractivity contribution in [3.05, 3.63) is 145 Å². The minimum Gasteiger partial charge on any atom is -0.309 e. The van der Waals surface area contributed by atoms with Gasteiger partial charge >= 0.3 is 0 Å². The van der Waals surface area contributed by atoms with Crippen LogP contribution in [0.4, 0.5) is 0 Å². The highest BCUT2D eigenvalue weighted by Gasteiger charge is 2.14. The summed E-state index contributed by atoms with van der Waals surface area (Å²) < 4.78 is 4.73. The van der Waals surface area contributed by atoms with E-state index in [4.69, 9.17) is 0 Å². The molecule has 0 aliphatic heterocycles. The predicted octanol–water partition coefficient (Wildman–Crippen LogP) is 10.4. The molecule has 0 saturated carbocycles. The molecule has 2 nitrogen and oxygen atoms in total. The highest BCUT2D eigenvalue weighted by atomic mass is 79.9. The van der Waals surface area contributed by atoms with Gasteiger partial charge in [-0.15, -0.1) is 0 Å². The standard InChI is InChI=1S/C37H25BrN2/c38-24-25-13-22-37-33(23-25)32-9-3-6-12-36(32)40(37)29-20-16-27(17-21-29)26-14-18-28(19-15-26)39-34-10-4-1-7-30(34)31-8-2-5-11-35(31)39/h1-23H,24H2. The summed E-state index contributed by atoms with van der Waals surface area (Å²) in [6.07, 6.45) is 0. The maximum Gasteiger partial charge on any atom is 0.0541 e. The predicted molar refractivity (Wildman–Crippen MR) is 173 cm³/mol. The summed E-state index contributed by atoms with van der Waals surface area (Å²) in [4.78, 5) is 0. The van der Waals surface area contributed by atoms with E-state index in [1.165, 1.54) is 71.7 Å². The smallest absolute Gasteiger partial charge is 0.0541 e. The fraction of sp³-hybridized carbons (Fsp3) is 0.0270. The lowest BCUT2D eigenvalue weighted by molar-refractivity contribution is 1.18. The molecule has 0 bridgehead atoms. The molecule has 0 radical (unpaired) electrons. The number of hydrogen-bond donors (Lipinski definition) is 0. The number of nitrogens with zero attached hydrogens (tertiary/aromatic N) is 2. The van der Waals surface area contributed by atoms with Crippen LogP contribution in [0.15, 0.2) is 140 Å². The van der Waals surface area contributed by atoms with Crippen LogP contribution < -0.4 is 0 Å². The number of hydrogen-bond acceptors (Lipinski definition) is 0. The quantitative estimate of drug-likeness (QED) is 0.184. The van der Waals surface area contributed by atoms with Gasteiger partial charge in [-0.25, -0.2) is 0 Å². The van der Waals surface area contributed by atoms with E-state index >= 15 is 0 Å². The molecule has 0 aliphatic carbocycles. The van der Waals surface area contributed by atoms with Crippen molar-refractivity contribution in [3.8, 4) is 22.5 Å². The molecule has 0 amide bonds. The van der Waals surface area contributed by atoms with E-state index in [1.54, 1.807) is 0 Å². The van der Waals surface area contributed by atoms with Crippen molar-refractivity contribution in [3.63, 3.8) is 0 Å². The van der Waals surface area contributed by atoms with Gasteiger partial charge in [0.15, 0.2) is 0 Å². The third-order valence-corrected chi connectivity index (χ3v) is 8.70. The van der Waals surface area contributed by atoms with E-state index in [0.717, 1.165) is 5.33 Å². The summed E-state index contributed by atoms with van der Waals surface area (Å²) in [6.45, 7) is 0. The maximum absolute atomic E-state index is 3.62. The van der Waals surface area contributed by atoms with Crippen molar-refractivity contribution in [1.29, 1.82) is 0 Å². The van der Waals surface area contributed by atoms with E-state index in [-0.39, 0.29) is 0 Å². The van der Waals surface area contributed by atoms with Crippen LogP contribution in [0.2, 0.25) is 0 Å². The van der Waals surface area contributed by atoms with Gasteiger partial charge in [0.25, 0.3) is 0 Å². The molecule has 2 aromatic heterocycles. The van der Waals surface area contributed by atoms with Gasteiger partial charge in [0.05, 0.1) is 22.1 Å². The van der Waals surface area contributed by atoms with Crippen molar-refractivity contribution in [2.45, 2.75) is 5.33 Å². The van der Waals surface area contributed by atoms with Crippen LogP contribution in [0, 0.1) is 0 Å². The van der Waals surface area contributed by atoms with Crippen molar-refractivity contribution in [2.75, 3.05) is 0 Å². The Hall–Kier alpha value is -4.60. The number of halogens is 1. The zero-order valence-electron chi connectivity index (χ0n) is 21.8. The Morgan fingerprint density at radius 3 is 1.25 bits per heavy atom. The topological polar surface area (TPSA) is 9.86 Å². The molecule has 8 rings (SSSR count). The lowest BCUT2D eigenvalue weighted by atomic mass is 10.0. The first-order valence-electron chi connectivity index (χ1n) is 13.6. The Balaban J connectivity index is 1.19. The second-order valence-electron chi connectivity index (χ2n) is 10.3. The van der Waals surface area contributed by atoms with Crippen molar-refractivity contribution >= 4 is 59.5 Å². The third-order valence-electron chi connectivity index (χ3n) is 8.06. The fourth-order valence-corrected chi connectivity index (χ4v) is 6.54. The van der Waals surface area contributed by atoms with Gasteiger partial charge in [0.2, 0.25) is 0 Å². The molecule has 40 heavy (non-hydrogen) atoms. The first-order chi connectivity index (χ1) is 19.8. The molecule has 0 aliphatic rings. The molecular formula is C37H25BrN2. The second-order valence-corrected chi connectivity index (χ2v) is 10.9. The van der Waals surface area contributed by atoms with Crippen LogP contribution in [-0.2, 0) is 5.33 Å². The highest BCUT2D eigenvalue weighted by Crippen LogP contribution is 2.35. The Kier molecular flexibility index (Phi) is 5.39. The van der Waals surface area contributed by atoms with Gasteiger partial charge in [0.1, 0.15) is 0 Å². The number of aromatic nitrogens is 2. The minimum absolute atomic E-state index is 0.854. The fourth-order valence-electron chi connectivity index (χ4n) is 6.19. The molecule has 0 atom stereocenters. The van der Waals surface area contributed by atoms with Gasteiger partial charge in [-0.1, -0.05) is 101 Å². The zero-order chi connectivity index (χ0) is 26.6. The molecule has 0 fully saturated rings. The van der Waals surface area contributed by atoms with E-state index in [1.807, 2.05) is 0 Å². The van der Waals surface area contributed by atoms with Crippen LogP contribution >= 0.6 is 15.9 Å². The van der Waals surface area contributed by atoms with Crippen molar-refractivity contribution in [2.24, 2.45) is 0 Å². The number of para-hydroxylation sites is 3. The monoisotopic (exact) mass is 576 g/mol. The van der Waals surface area contributed by atoms with Crippen molar-refractivity contribution < 1.29 is 0 Å². The van der Waals surface area contributed by atoms with Gasteiger partial charge in [-0.3, -0.25) is 0 Å². The summed E-state index contributed by atoms with van der Waals surface area (Å²) in [5.74, 6) is 0. The number of fused-ring (bicyclic) bond motifs is 6. The Bertz CT molecular complexity index is 2130. The molecule has 0 spiro atoms. The molecule has 2 heterocycles. The van der Waals surface area contributed by atoms with Gasteiger partial charge in [-0.2, -0.15) is 0 Å². The van der Waals surface area contributed by atoms with Gasteiger partial charge < -0.3 is 9.13 Å². The summed E-state index contributed by atoms with van der Waals surface area (Å²) in [5.41, 5.74) is 11.0. The molecular weight excluding hydrogens is 552 g/mol. The van der Waals surface area contributed by atoms with Crippen LogP contribution in [0.5, 0.6) is 0 Å². The van der Waals surface area contributed by atoms with Gasteiger partial charge in [-0.05, 0) is 71.3 Å². The average molecular weight is 578 g/mol. The molecule has 0 saturated heterocycles. The second kappa shape index (κ2) is 9.25. The van der Waals surface area contributed by atoms with Crippen LogP contribution in [0.1, 0.15) is 5.56 Å². The molecule has 8 aromatic rings. The number of benzene rings is 6. The van der Waals surface area contributed by atoms with E-state index in [0.29, 0.717) is 0 Å². The minimum atomic E-state index is 0.854. The number of alkyl halides is 1. The van der Waals surface area contributed by atoms with Crippen LogP contribution in [-0.4, -0.2) is 9.13 Å². The maximum atomic E-state index is 3.62. The highest BCUT2D eigenvalue weighted by molar-refractivity contribution is 9.08. The number of rotatable bonds is 4. The molecule has 3 heteroatoms. The summed E-state index contributed by atoms with van der Waals surface area (Å²) in [6, 6.07) is 50.6. The lowest BCUT2D eigenvalue weighted by Gasteiger charge is -2.11. The average Bonchev–Trinajstić information content (AvgIpc) is 3.54. The Morgan fingerprint density at radius 2 is 0.800 bits per heavy atom. The molecule has 190 valence electrons.